The van der Waals surface area contributed by atoms with Crippen LogP contribution in [-0.2, 0) is 30.5 Å². The SMILES string of the molecule is CCOc1ccccc1CCc1c(Cl)cc(Cl)c(=O)n1CCc1ccc(C(=O)OC(C)(C)C)cc1. The molecule has 0 saturated carbocycles. The zero-order valence-electron chi connectivity index (χ0n) is 20.6. The second-order valence-electron chi connectivity index (χ2n) is 9.23. The largest absolute Gasteiger partial charge is 0.494 e. The molecule has 0 aliphatic rings. The van der Waals surface area contributed by atoms with Gasteiger partial charge in [-0.2, -0.15) is 0 Å². The fourth-order valence-corrected chi connectivity index (χ4v) is 4.35. The van der Waals surface area contributed by atoms with Crippen LogP contribution < -0.4 is 10.3 Å². The Morgan fingerprint density at radius 3 is 2.29 bits per heavy atom. The van der Waals surface area contributed by atoms with Crippen LogP contribution in [0.4, 0.5) is 0 Å². The van der Waals surface area contributed by atoms with Gasteiger partial charge in [0.25, 0.3) is 5.56 Å². The van der Waals surface area contributed by atoms with Gasteiger partial charge in [0.05, 0.1) is 17.2 Å². The summed E-state index contributed by atoms with van der Waals surface area (Å²) in [6.45, 7) is 8.44. The van der Waals surface area contributed by atoms with Crippen molar-refractivity contribution < 1.29 is 14.3 Å². The fraction of sp³-hybridized carbons (Fsp3) is 0.357. The third kappa shape index (κ3) is 7.36. The lowest BCUT2D eigenvalue weighted by molar-refractivity contribution is 0.00695. The van der Waals surface area contributed by atoms with E-state index in [0.29, 0.717) is 43.0 Å². The Bertz CT molecular complexity index is 1230. The van der Waals surface area contributed by atoms with E-state index in [1.165, 1.54) is 6.07 Å². The number of aryl methyl sites for hydroxylation is 2. The first-order valence-electron chi connectivity index (χ1n) is 11.7. The molecule has 0 fully saturated rings. The number of para-hydroxylation sites is 1. The van der Waals surface area contributed by atoms with Crippen molar-refractivity contribution in [3.63, 3.8) is 0 Å². The Morgan fingerprint density at radius 1 is 0.943 bits per heavy atom. The normalized spacial score (nSPS) is 11.4. The van der Waals surface area contributed by atoms with Gasteiger partial charge in [-0.3, -0.25) is 4.79 Å². The van der Waals surface area contributed by atoms with E-state index in [1.807, 2.05) is 64.1 Å². The number of nitrogens with zero attached hydrogens (tertiary/aromatic N) is 1. The number of rotatable bonds is 9. The molecule has 3 aromatic rings. The quantitative estimate of drug-likeness (QED) is 0.303. The van der Waals surface area contributed by atoms with E-state index >= 15 is 0 Å². The lowest BCUT2D eigenvalue weighted by Crippen LogP contribution is -2.26. The molecule has 0 saturated heterocycles. The van der Waals surface area contributed by atoms with E-state index in [0.717, 1.165) is 22.6 Å². The van der Waals surface area contributed by atoms with Gasteiger partial charge in [0.15, 0.2) is 0 Å². The number of pyridine rings is 1. The minimum Gasteiger partial charge on any atom is -0.494 e. The van der Waals surface area contributed by atoms with Crippen molar-refractivity contribution in [2.75, 3.05) is 6.61 Å². The molecule has 7 heteroatoms. The number of hydrogen-bond donors (Lipinski definition) is 0. The molecule has 2 aromatic carbocycles. The van der Waals surface area contributed by atoms with Gasteiger partial charge in [-0.15, -0.1) is 0 Å². The monoisotopic (exact) mass is 515 g/mol. The van der Waals surface area contributed by atoms with Crippen molar-refractivity contribution in [2.45, 2.75) is 59.1 Å². The van der Waals surface area contributed by atoms with E-state index in [-0.39, 0.29) is 16.6 Å². The van der Waals surface area contributed by atoms with E-state index in [4.69, 9.17) is 32.7 Å². The average Bonchev–Trinajstić information content (AvgIpc) is 2.80. The maximum Gasteiger partial charge on any atom is 0.338 e. The van der Waals surface area contributed by atoms with Gasteiger partial charge in [0.1, 0.15) is 16.4 Å². The van der Waals surface area contributed by atoms with Crippen molar-refractivity contribution >= 4 is 29.2 Å². The van der Waals surface area contributed by atoms with Gasteiger partial charge >= 0.3 is 5.97 Å². The maximum atomic E-state index is 12.9. The first-order valence-corrected chi connectivity index (χ1v) is 12.5. The Morgan fingerprint density at radius 2 is 1.63 bits per heavy atom. The van der Waals surface area contributed by atoms with Crippen LogP contribution in [0.2, 0.25) is 10.0 Å². The van der Waals surface area contributed by atoms with Gasteiger partial charge in [-0.1, -0.05) is 53.5 Å². The molecule has 35 heavy (non-hydrogen) atoms. The smallest absolute Gasteiger partial charge is 0.338 e. The highest BCUT2D eigenvalue weighted by molar-refractivity contribution is 6.34. The van der Waals surface area contributed by atoms with Crippen LogP contribution in [0, 0.1) is 0 Å². The second-order valence-corrected chi connectivity index (χ2v) is 10.0. The zero-order chi connectivity index (χ0) is 25.6. The molecule has 0 aliphatic heterocycles. The van der Waals surface area contributed by atoms with Crippen LogP contribution in [0.25, 0.3) is 0 Å². The minimum atomic E-state index is -0.553. The molecular weight excluding hydrogens is 485 g/mol. The molecule has 186 valence electrons. The number of carbonyl (C=O) groups is 1. The van der Waals surface area contributed by atoms with E-state index in [2.05, 4.69) is 0 Å². The molecule has 0 spiro atoms. The van der Waals surface area contributed by atoms with Crippen molar-refractivity contribution in [1.29, 1.82) is 0 Å². The second kappa shape index (κ2) is 11.8. The van der Waals surface area contributed by atoms with Crippen LogP contribution in [0.5, 0.6) is 5.75 Å². The lowest BCUT2D eigenvalue weighted by Gasteiger charge is -2.19. The summed E-state index contributed by atoms with van der Waals surface area (Å²) in [5.74, 6) is 0.468. The number of esters is 1. The molecule has 1 aromatic heterocycles. The van der Waals surface area contributed by atoms with E-state index in [1.54, 1.807) is 16.7 Å². The highest BCUT2D eigenvalue weighted by atomic mass is 35.5. The van der Waals surface area contributed by atoms with Gasteiger partial charge in [-0.25, -0.2) is 4.79 Å². The Kier molecular flexibility index (Phi) is 9.03. The first kappa shape index (κ1) is 26.8. The molecule has 5 nitrogen and oxygen atoms in total. The highest BCUT2D eigenvalue weighted by Gasteiger charge is 2.18. The summed E-state index contributed by atoms with van der Waals surface area (Å²) < 4.78 is 12.8. The van der Waals surface area contributed by atoms with Crippen molar-refractivity contribution in [1.82, 2.24) is 4.57 Å². The summed E-state index contributed by atoms with van der Waals surface area (Å²) in [7, 11) is 0. The lowest BCUT2D eigenvalue weighted by atomic mass is 10.1. The summed E-state index contributed by atoms with van der Waals surface area (Å²) >= 11 is 12.7. The van der Waals surface area contributed by atoms with E-state index in [9.17, 15) is 9.59 Å². The van der Waals surface area contributed by atoms with Crippen molar-refractivity contribution in [2.24, 2.45) is 0 Å². The summed E-state index contributed by atoms with van der Waals surface area (Å²) in [5, 5.41) is 0.553. The number of benzene rings is 2. The summed E-state index contributed by atoms with van der Waals surface area (Å²) in [5.41, 5.74) is 2.43. The minimum absolute atomic E-state index is 0.0914. The van der Waals surface area contributed by atoms with Crippen LogP contribution in [0.15, 0.2) is 59.4 Å². The molecule has 0 radical (unpaired) electrons. The molecule has 0 N–H and O–H groups in total. The summed E-state index contributed by atoms with van der Waals surface area (Å²) in [6, 6.07) is 16.6. The Hall–Kier alpha value is -2.76. The predicted octanol–water partition coefficient (Wildman–Crippen LogP) is 6.54. The predicted molar refractivity (Wildman–Crippen MR) is 141 cm³/mol. The number of carbonyl (C=O) groups excluding carboxylic acids is 1. The first-order chi connectivity index (χ1) is 16.6. The molecule has 0 aliphatic carbocycles. The standard InChI is InChI=1S/C28H31Cl2NO4/c1-5-34-25-9-7-6-8-20(25)14-15-24-22(29)18-23(30)26(32)31(24)17-16-19-10-12-21(13-11-19)27(33)35-28(2,3)4/h6-13,18H,5,14-17H2,1-4H3. The molecule has 0 amide bonds. The Labute approximate surface area is 216 Å². The van der Waals surface area contributed by atoms with Crippen LogP contribution >= 0.6 is 23.2 Å². The van der Waals surface area contributed by atoms with Crippen molar-refractivity contribution in [3.8, 4) is 5.75 Å². The van der Waals surface area contributed by atoms with E-state index < -0.39 is 5.60 Å². The molecular formula is C28H31Cl2NO4. The molecule has 1 heterocycles. The van der Waals surface area contributed by atoms with Crippen molar-refractivity contribution in [3.05, 3.63) is 97.4 Å². The third-order valence-corrected chi connectivity index (χ3v) is 6.02. The molecule has 0 atom stereocenters. The van der Waals surface area contributed by atoms with Gasteiger partial charge in [0.2, 0.25) is 0 Å². The third-order valence-electron chi connectivity index (χ3n) is 5.42. The van der Waals surface area contributed by atoms with Crippen LogP contribution in [0.3, 0.4) is 0 Å². The van der Waals surface area contributed by atoms with Crippen LogP contribution in [-0.4, -0.2) is 22.7 Å². The fourth-order valence-electron chi connectivity index (χ4n) is 3.77. The number of hydrogen-bond acceptors (Lipinski definition) is 4. The number of ether oxygens (including phenoxy) is 2. The zero-order valence-corrected chi connectivity index (χ0v) is 22.1. The molecule has 3 rings (SSSR count). The summed E-state index contributed by atoms with van der Waals surface area (Å²) in [4.78, 5) is 25.2. The molecule has 0 unspecified atom stereocenters. The van der Waals surface area contributed by atoms with Gasteiger partial charge in [0, 0.05) is 12.2 Å². The Balaban J connectivity index is 1.77. The number of aromatic nitrogens is 1. The summed E-state index contributed by atoms with van der Waals surface area (Å²) in [6.07, 6.45) is 1.81. The van der Waals surface area contributed by atoms with Gasteiger partial charge < -0.3 is 14.0 Å². The average molecular weight is 516 g/mol. The maximum absolute atomic E-state index is 12.9. The highest BCUT2D eigenvalue weighted by Crippen LogP contribution is 2.24. The molecule has 0 bridgehead atoms. The van der Waals surface area contributed by atoms with Crippen LogP contribution in [0.1, 0.15) is 54.9 Å². The topological polar surface area (TPSA) is 57.5 Å². The van der Waals surface area contributed by atoms with Gasteiger partial charge in [-0.05, 0) is 82.3 Å². The number of halogens is 2.